The summed E-state index contributed by atoms with van der Waals surface area (Å²) >= 11 is 0. The van der Waals surface area contributed by atoms with E-state index < -0.39 is 15.7 Å². The maximum absolute atomic E-state index is 14.2. The first-order valence-electron chi connectivity index (χ1n) is 7.33. The van der Waals surface area contributed by atoms with E-state index in [1.807, 2.05) is 0 Å². The highest BCUT2D eigenvalue weighted by molar-refractivity contribution is 7.90. The number of aryl methyl sites for hydroxylation is 2. The number of halogens is 1. The lowest BCUT2D eigenvalue weighted by atomic mass is 10.1. The van der Waals surface area contributed by atoms with E-state index in [0.717, 1.165) is 17.5 Å². The summed E-state index contributed by atoms with van der Waals surface area (Å²) in [6.07, 6.45) is 5.98. The van der Waals surface area contributed by atoms with E-state index in [1.165, 1.54) is 18.2 Å². The molecule has 0 aliphatic heterocycles. The average Bonchev–Trinajstić information content (AvgIpc) is 2.93. The summed E-state index contributed by atoms with van der Waals surface area (Å²) in [7, 11) is -1.83. The van der Waals surface area contributed by atoms with Crippen molar-refractivity contribution in [1.29, 1.82) is 0 Å². The number of hydrogen-bond acceptors (Lipinski definition) is 6. The van der Waals surface area contributed by atoms with Gasteiger partial charge >= 0.3 is 0 Å². The van der Waals surface area contributed by atoms with Crippen molar-refractivity contribution >= 4 is 21.5 Å². The fraction of sp³-hybridized carbons (Fsp3) is 0.188. The van der Waals surface area contributed by atoms with E-state index >= 15 is 0 Å². The lowest BCUT2D eigenvalue weighted by Crippen LogP contribution is -2.02. The second-order valence-corrected chi connectivity index (χ2v) is 7.65. The number of nitrogens with zero attached hydrogens (tertiary/aromatic N) is 4. The molecule has 3 rings (SSSR count). The molecule has 0 spiro atoms. The quantitative estimate of drug-likeness (QED) is 0.768. The molecule has 0 saturated carbocycles. The highest BCUT2D eigenvalue weighted by atomic mass is 32.2. The van der Waals surface area contributed by atoms with Gasteiger partial charge < -0.3 is 5.32 Å². The lowest BCUT2D eigenvalue weighted by Gasteiger charge is -2.09. The Labute approximate surface area is 144 Å². The van der Waals surface area contributed by atoms with Crippen molar-refractivity contribution < 1.29 is 12.8 Å². The Morgan fingerprint density at radius 2 is 2.00 bits per heavy atom. The van der Waals surface area contributed by atoms with Gasteiger partial charge in [0.05, 0.1) is 17.6 Å². The van der Waals surface area contributed by atoms with E-state index in [1.54, 1.807) is 37.2 Å². The van der Waals surface area contributed by atoms with Crippen molar-refractivity contribution in [3.63, 3.8) is 0 Å². The molecule has 0 saturated heterocycles. The van der Waals surface area contributed by atoms with Crippen LogP contribution in [0.5, 0.6) is 0 Å². The van der Waals surface area contributed by atoms with Crippen molar-refractivity contribution in [2.24, 2.45) is 7.05 Å². The van der Waals surface area contributed by atoms with Gasteiger partial charge in [0.2, 0.25) is 5.95 Å². The fourth-order valence-corrected chi connectivity index (χ4v) is 3.09. The maximum Gasteiger partial charge on any atom is 0.227 e. The number of aromatic nitrogens is 4. The Morgan fingerprint density at radius 1 is 1.24 bits per heavy atom. The molecule has 130 valence electrons. The molecule has 0 atom stereocenters. The normalized spacial score (nSPS) is 11.5. The molecule has 7 nitrogen and oxygen atoms in total. The smallest absolute Gasteiger partial charge is 0.227 e. The predicted molar refractivity (Wildman–Crippen MR) is 91.8 cm³/mol. The highest BCUT2D eigenvalue weighted by Crippen LogP contribution is 2.26. The Morgan fingerprint density at radius 3 is 2.60 bits per heavy atom. The summed E-state index contributed by atoms with van der Waals surface area (Å²) in [5.41, 5.74) is 2.44. The Balaban J connectivity index is 1.99. The van der Waals surface area contributed by atoms with Gasteiger partial charge in [-0.1, -0.05) is 6.07 Å². The second kappa shape index (κ2) is 6.25. The lowest BCUT2D eigenvalue weighted by molar-refractivity contribution is 0.571. The topological polar surface area (TPSA) is 89.8 Å². The minimum absolute atomic E-state index is 0.334. The van der Waals surface area contributed by atoms with E-state index in [0.29, 0.717) is 17.2 Å². The molecule has 1 aromatic carbocycles. The van der Waals surface area contributed by atoms with Gasteiger partial charge in [-0.25, -0.2) is 22.8 Å². The molecular formula is C16H16FN5O2S. The van der Waals surface area contributed by atoms with Crippen LogP contribution in [0.4, 0.5) is 16.0 Å². The SMILES string of the molecule is Cc1cnc(Nc2cnn(C)c2)nc1-c1ccc(S(C)(=O)=O)c(F)c1. The van der Waals surface area contributed by atoms with Gasteiger partial charge in [0, 0.05) is 31.3 Å². The minimum Gasteiger partial charge on any atom is -0.321 e. The van der Waals surface area contributed by atoms with Crippen LogP contribution in [0.1, 0.15) is 5.56 Å². The molecular weight excluding hydrogens is 345 g/mol. The molecule has 0 unspecified atom stereocenters. The standard InChI is InChI=1S/C16H16FN5O2S/c1-10-7-18-16(20-12-8-19-22(2)9-12)21-15(10)11-4-5-14(13(17)6-11)25(3,23)24/h4-9H,1-3H3,(H,18,20,21). The van der Waals surface area contributed by atoms with Crippen LogP contribution in [0.2, 0.25) is 0 Å². The first kappa shape index (κ1) is 17.0. The van der Waals surface area contributed by atoms with Crippen LogP contribution < -0.4 is 5.32 Å². The largest absolute Gasteiger partial charge is 0.321 e. The number of benzene rings is 1. The van der Waals surface area contributed by atoms with E-state index in [9.17, 15) is 12.8 Å². The van der Waals surface area contributed by atoms with Gasteiger partial charge in [0.1, 0.15) is 10.7 Å². The van der Waals surface area contributed by atoms with E-state index in [2.05, 4.69) is 20.4 Å². The van der Waals surface area contributed by atoms with Crippen molar-refractivity contribution in [1.82, 2.24) is 19.7 Å². The van der Waals surface area contributed by atoms with Crippen LogP contribution in [0.3, 0.4) is 0 Å². The minimum atomic E-state index is -3.62. The summed E-state index contributed by atoms with van der Waals surface area (Å²) in [5, 5.41) is 7.06. The highest BCUT2D eigenvalue weighted by Gasteiger charge is 2.16. The van der Waals surface area contributed by atoms with Crippen LogP contribution in [0, 0.1) is 12.7 Å². The second-order valence-electron chi connectivity index (χ2n) is 5.67. The molecule has 9 heteroatoms. The molecule has 2 heterocycles. The summed E-state index contributed by atoms with van der Waals surface area (Å²) in [4.78, 5) is 8.27. The molecule has 0 aliphatic rings. The average molecular weight is 361 g/mol. The van der Waals surface area contributed by atoms with Crippen LogP contribution in [0.15, 0.2) is 41.7 Å². The van der Waals surface area contributed by atoms with Crippen molar-refractivity contribution in [3.05, 3.63) is 48.2 Å². The Bertz CT molecular complexity index is 1050. The summed E-state index contributed by atoms with van der Waals surface area (Å²) < 4.78 is 38.9. The molecule has 0 fully saturated rings. The predicted octanol–water partition coefficient (Wildman–Crippen LogP) is 2.47. The Kier molecular flexibility index (Phi) is 4.25. The Hall–Kier alpha value is -2.81. The van der Waals surface area contributed by atoms with E-state index in [-0.39, 0.29) is 4.90 Å². The van der Waals surface area contributed by atoms with Crippen molar-refractivity contribution in [2.75, 3.05) is 11.6 Å². The number of anilines is 2. The molecule has 0 aliphatic carbocycles. The van der Waals surface area contributed by atoms with Gasteiger partial charge in [0.15, 0.2) is 9.84 Å². The summed E-state index contributed by atoms with van der Waals surface area (Å²) in [6, 6.07) is 3.94. The van der Waals surface area contributed by atoms with Gasteiger partial charge in [-0.3, -0.25) is 4.68 Å². The first-order chi connectivity index (χ1) is 11.7. The fourth-order valence-electron chi connectivity index (χ4n) is 2.36. The van der Waals surface area contributed by atoms with Crippen LogP contribution in [-0.4, -0.2) is 34.4 Å². The summed E-state index contributed by atoms with van der Waals surface area (Å²) in [5.74, 6) is -0.471. The number of nitrogens with one attached hydrogen (secondary N) is 1. The zero-order chi connectivity index (χ0) is 18.2. The van der Waals surface area contributed by atoms with Crippen molar-refractivity contribution in [3.8, 4) is 11.3 Å². The van der Waals surface area contributed by atoms with Crippen LogP contribution >= 0.6 is 0 Å². The van der Waals surface area contributed by atoms with Gasteiger partial charge in [-0.15, -0.1) is 0 Å². The maximum atomic E-state index is 14.2. The number of sulfone groups is 1. The van der Waals surface area contributed by atoms with Gasteiger partial charge in [-0.2, -0.15) is 5.10 Å². The van der Waals surface area contributed by atoms with Crippen LogP contribution in [-0.2, 0) is 16.9 Å². The molecule has 3 aromatic rings. The third kappa shape index (κ3) is 3.66. The third-order valence-electron chi connectivity index (χ3n) is 3.54. The van der Waals surface area contributed by atoms with E-state index in [4.69, 9.17) is 0 Å². The third-order valence-corrected chi connectivity index (χ3v) is 4.67. The summed E-state index contributed by atoms with van der Waals surface area (Å²) in [6.45, 7) is 1.80. The monoisotopic (exact) mass is 361 g/mol. The van der Waals surface area contributed by atoms with Crippen molar-refractivity contribution in [2.45, 2.75) is 11.8 Å². The van der Waals surface area contributed by atoms with Gasteiger partial charge in [0.25, 0.3) is 0 Å². The first-order valence-corrected chi connectivity index (χ1v) is 9.22. The van der Waals surface area contributed by atoms with Crippen LogP contribution in [0.25, 0.3) is 11.3 Å². The van der Waals surface area contributed by atoms with Gasteiger partial charge in [-0.05, 0) is 24.6 Å². The number of hydrogen-bond donors (Lipinski definition) is 1. The molecule has 2 aromatic heterocycles. The number of rotatable bonds is 4. The molecule has 0 radical (unpaired) electrons. The molecule has 1 N–H and O–H groups in total. The zero-order valence-corrected chi connectivity index (χ0v) is 14.7. The molecule has 0 bridgehead atoms. The molecule has 25 heavy (non-hydrogen) atoms. The zero-order valence-electron chi connectivity index (χ0n) is 13.9. The molecule has 0 amide bonds.